The van der Waals surface area contributed by atoms with Crippen LogP contribution in [0.5, 0.6) is 0 Å². The Bertz CT molecular complexity index is 331. The van der Waals surface area contributed by atoms with Gasteiger partial charge in [-0.25, -0.2) is 0 Å². The number of unbranched alkanes of at least 4 members (excludes halogenated alkanes) is 11. The van der Waals surface area contributed by atoms with Crippen molar-refractivity contribution >= 4 is 5.97 Å². The summed E-state index contributed by atoms with van der Waals surface area (Å²) < 4.78 is 0.266. The summed E-state index contributed by atoms with van der Waals surface area (Å²) in [6.45, 7) is 4.37. The van der Waals surface area contributed by atoms with E-state index in [4.69, 9.17) is 0 Å². The number of carboxylic acid groups (broad SMARTS) is 1. The molecule has 0 aliphatic rings. The first-order valence-electron chi connectivity index (χ1n) is 10.5. The molecule has 0 bridgehead atoms. The fourth-order valence-corrected chi connectivity index (χ4v) is 3.30. The van der Waals surface area contributed by atoms with Crippen LogP contribution < -0.4 is 5.11 Å². The number of quaternary nitrogens is 1. The van der Waals surface area contributed by atoms with Gasteiger partial charge in [-0.2, -0.15) is 0 Å². The predicted molar refractivity (Wildman–Crippen MR) is 103 cm³/mol. The third kappa shape index (κ3) is 13.3. The molecule has 0 spiro atoms. The molecule has 0 rings (SSSR count). The summed E-state index contributed by atoms with van der Waals surface area (Å²) in [6, 6.07) is -0.600. The van der Waals surface area contributed by atoms with E-state index in [0.717, 1.165) is 19.3 Å². The first-order valence-corrected chi connectivity index (χ1v) is 10.5. The Morgan fingerprint density at radius 2 is 1.28 bits per heavy atom. The van der Waals surface area contributed by atoms with Crippen molar-refractivity contribution in [3.05, 3.63) is 0 Å². The second-order valence-electron chi connectivity index (χ2n) is 8.29. The van der Waals surface area contributed by atoms with Crippen LogP contribution in [0, 0.1) is 0 Å². The van der Waals surface area contributed by atoms with Gasteiger partial charge in [0, 0.05) is 0 Å². The Morgan fingerprint density at radius 1 is 0.880 bits per heavy atom. The van der Waals surface area contributed by atoms with Crippen LogP contribution in [0.4, 0.5) is 0 Å². The zero-order valence-electron chi connectivity index (χ0n) is 17.3. The maximum Gasteiger partial charge on any atom is 0.126 e. The molecule has 25 heavy (non-hydrogen) atoms. The number of rotatable bonds is 17. The molecule has 0 aromatic carbocycles. The van der Waals surface area contributed by atoms with Gasteiger partial charge in [-0.05, 0) is 13.3 Å². The number of carbonyl (C=O) groups is 1. The van der Waals surface area contributed by atoms with Crippen LogP contribution in [0.1, 0.15) is 97.3 Å². The number of aliphatic carboxylic acids is 1. The van der Waals surface area contributed by atoms with Gasteiger partial charge in [-0.1, -0.05) is 84.0 Å². The van der Waals surface area contributed by atoms with Gasteiger partial charge in [0.1, 0.15) is 18.7 Å². The van der Waals surface area contributed by atoms with E-state index in [1.807, 2.05) is 14.1 Å². The lowest BCUT2D eigenvalue weighted by atomic mass is 10.0. The van der Waals surface area contributed by atoms with Crippen molar-refractivity contribution in [2.24, 2.45) is 0 Å². The highest BCUT2D eigenvalue weighted by molar-refractivity contribution is 5.69. The topological polar surface area (TPSA) is 60.4 Å². The van der Waals surface area contributed by atoms with Crippen molar-refractivity contribution in [3.8, 4) is 0 Å². The largest absolute Gasteiger partial charge is 0.544 e. The molecule has 0 aliphatic carbocycles. The van der Waals surface area contributed by atoms with Gasteiger partial charge in [0.25, 0.3) is 0 Å². The first-order chi connectivity index (χ1) is 11.8. The Balaban J connectivity index is 3.52. The Labute approximate surface area is 156 Å². The number of hydrogen-bond acceptors (Lipinski definition) is 3. The highest BCUT2D eigenvalue weighted by Gasteiger charge is 2.27. The molecule has 0 aromatic rings. The van der Waals surface area contributed by atoms with E-state index >= 15 is 0 Å². The summed E-state index contributed by atoms with van der Waals surface area (Å²) in [7, 11) is 3.68. The number of likely N-dealkylation sites (N-methyl/N-ethyl adjacent to an activating group) is 1. The van der Waals surface area contributed by atoms with E-state index in [0.29, 0.717) is 6.54 Å². The number of aliphatic hydroxyl groups is 1. The van der Waals surface area contributed by atoms with E-state index in [-0.39, 0.29) is 4.48 Å². The number of carbonyl (C=O) groups excluding carboxylic acids is 1. The average molecular weight is 358 g/mol. The molecule has 4 heteroatoms. The fraction of sp³-hybridized carbons (Fsp3) is 0.952. The standard InChI is InChI=1S/C21H43NO3/c1-5-6-7-8-9-10-11-12-13-14-15-16-17-20(23)18-22(3,4)19(2)21(24)25/h19-20,23H,5-18H2,1-4H3. The molecule has 0 aromatic heterocycles. The van der Waals surface area contributed by atoms with Crippen molar-refractivity contribution in [3.63, 3.8) is 0 Å². The van der Waals surface area contributed by atoms with Gasteiger partial charge in [-0.3, -0.25) is 0 Å². The van der Waals surface area contributed by atoms with Crippen molar-refractivity contribution in [1.29, 1.82) is 0 Å². The van der Waals surface area contributed by atoms with E-state index in [9.17, 15) is 15.0 Å². The fourth-order valence-electron chi connectivity index (χ4n) is 3.30. The summed E-state index contributed by atoms with van der Waals surface area (Å²) in [5.74, 6) is -1.05. The lowest BCUT2D eigenvalue weighted by Crippen LogP contribution is -2.58. The molecule has 0 fully saturated rings. The van der Waals surface area contributed by atoms with Gasteiger partial charge in [-0.15, -0.1) is 0 Å². The highest BCUT2D eigenvalue weighted by atomic mass is 16.4. The Morgan fingerprint density at radius 3 is 1.68 bits per heavy atom. The minimum Gasteiger partial charge on any atom is -0.544 e. The normalized spacial score (nSPS) is 14.4. The summed E-state index contributed by atoms with van der Waals surface area (Å²) in [5.41, 5.74) is 0. The predicted octanol–water partition coefficient (Wildman–Crippen LogP) is 3.65. The maximum atomic E-state index is 11.0. The highest BCUT2D eigenvalue weighted by Crippen LogP contribution is 2.14. The number of hydrogen-bond donors (Lipinski definition) is 1. The SMILES string of the molecule is CCCCCCCCCCCCCCC(O)C[N+](C)(C)C(C)C(=O)[O-]. The number of carboxylic acids is 1. The third-order valence-electron chi connectivity index (χ3n) is 5.46. The van der Waals surface area contributed by atoms with Crippen LogP contribution in [0.3, 0.4) is 0 Å². The molecule has 0 heterocycles. The van der Waals surface area contributed by atoms with Crippen LogP contribution in [0.15, 0.2) is 0 Å². The van der Waals surface area contributed by atoms with Gasteiger partial charge in [0.15, 0.2) is 0 Å². The molecule has 2 atom stereocenters. The molecule has 0 saturated carbocycles. The molecule has 0 radical (unpaired) electrons. The molecular weight excluding hydrogens is 314 g/mol. The maximum absolute atomic E-state index is 11.0. The van der Waals surface area contributed by atoms with Crippen LogP contribution in [0.2, 0.25) is 0 Å². The molecule has 1 N–H and O–H groups in total. The number of aliphatic hydroxyl groups excluding tert-OH is 1. The monoisotopic (exact) mass is 357 g/mol. The van der Waals surface area contributed by atoms with Crippen LogP contribution in [0.25, 0.3) is 0 Å². The lowest BCUT2D eigenvalue weighted by molar-refractivity contribution is -0.909. The minimum atomic E-state index is -1.05. The van der Waals surface area contributed by atoms with Gasteiger partial charge >= 0.3 is 0 Å². The van der Waals surface area contributed by atoms with Gasteiger partial charge < -0.3 is 19.5 Å². The third-order valence-corrected chi connectivity index (χ3v) is 5.46. The zero-order valence-corrected chi connectivity index (χ0v) is 17.3. The van der Waals surface area contributed by atoms with Crippen LogP contribution >= 0.6 is 0 Å². The zero-order chi connectivity index (χ0) is 19.1. The average Bonchev–Trinajstić information content (AvgIpc) is 2.54. The van der Waals surface area contributed by atoms with Gasteiger partial charge in [0.05, 0.1) is 20.1 Å². The number of nitrogens with zero attached hydrogens (tertiary/aromatic N) is 1. The lowest BCUT2D eigenvalue weighted by Gasteiger charge is -2.38. The Hall–Kier alpha value is -0.610. The summed E-state index contributed by atoms with van der Waals surface area (Å²) in [5, 5.41) is 21.1. The molecule has 4 nitrogen and oxygen atoms in total. The second-order valence-corrected chi connectivity index (χ2v) is 8.29. The van der Waals surface area contributed by atoms with Crippen molar-refractivity contribution in [1.82, 2.24) is 0 Å². The molecular formula is C21H43NO3. The minimum absolute atomic E-state index is 0.266. The van der Waals surface area contributed by atoms with Gasteiger partial charge in [0.2, 0.25) is 0 Å². The second kappa shape index (κ2) is 14.5. The van der Waals surface area contributed by atoms with Crippen molar-refractivity contribution in [2.75, 3.05) is 20.6 Å². The molecule has 150 valence electrons. The van der Waals surface area contributed by atoms with Crippen molar-refractivity contribution in [2.45, 2.75) is 109 Å². The van der Waals surface area contributed by atoms with Crippen molar-refractivity contribution < 1.29 is 19.5 Å². The smallest absolute Gasteiger partial charge is 0.126 e. The summed E-state index contributed by atoms with van der Waals surface area (Å²) >= 11 is 0. The van der Waals surface area contributed by atoms with E-state index < -0.39 is 18.1 Å². The van der Waals surface area contributed by atoms with Crippen LogP contribution in [-0.2, 0) is 4.79 Å². The molecule has 2 unspecified atom stereocenters. The van der Waals surface area contributed by atoms with E-state index in [1.165, 1.54) is 64.2 Å². The molecule has 0 saturated heterocycles. The summed E-state index contributed by atoms with van der Waals surface area (Å²) in [4.78, 5) is 11.0. The van der Waals surface area contributed by atoms with E-state index in [1.54, 1.807) is 6.92 Å². The quantitative estimate of drug-likeness (QED) is 0.319. The molecule has 0 amide bonds. The first kappa shape index (κ1) is 24.4. The van der Waals surface area contributed by atoms with Crippen LogP contribution in [-0.4, -0.2) is 48.3 Å². The molecule has 0 aliphatic heterocycles. The summed E-state index contributed by atoms with van der Waals surface area (Å²) in [6.07, 6.45) is 16.0. The van der Waals surface area contributed by atoms with E-state index in [2.05, 4.69) is 6.92 Å². The Kier molecular flexibility index (Phi) is 14.2.